The molecule has 4 aromatic rings. The van der Waals surface area contributed by atoms with Crippen LogP contribution in [0.2, 0.25) is 0 Å². The van der Waals surface area contributed by atoms with Crippen LogP contribution in [0.5, 0.6) is 0 Å². The van der Waals surface area contributed by atoms with E-state index < -0.39 is 65.7 Å². The lowest BCUT2D eigenvalue weighted by Gasteiger charge is -2.22. The highest BCUT2D eigenvalue weighted by Crippen LogP contribution is 2.68. The molecule has 3 heterocycles. The molecule has 2 N–H and O–H groups in total. The largest absolute Gasteiger partial charge is 0.346 e. The number of benzene rings is 2. The molecule has 1 saturated carbocycles. The van der Waals surface area contributed by atoms with Crippen molar-refractivity contribution >= 4 is 17.6 Å². The minimum absolute atomic E-state index is 0.0815. The molecule has 3 atom stereocenters. The molecule has 3 amide bonds. The molecule has 3 unspecified atom stereocenters. The minimum Gasteiger partial charge on any atom is -0.346 e. The van der Waals surface area contributed by atoms with Gasteiger partial charge in [0.05, 0.1) is 11.7 Å². The van der Waals surface area contributed by atoms with E-state index in [-0.39, 0.29) is 30.0 Å². The van der Waals surface area contributed by atoms with E-state index in [0.717, 1.165) is 25.0 Å². The Morgan fingerprint density at radius 1 is 0.979 bits per heavy atom. The molecule has 14 heteroatoms. The minimum atomic E-state index is -3.41. The number of rotatable bonds is 9. The lowest BCUT2D eigenvalue weighted by atomic mass is 9.95. The second-order valence-corrected chi connectivity index (χ2v) is 12.4. The van der Waals surface area contributed by atoms with Crippen molar-refractivity contribution in [2.75, 3.05) is 18.4 Å². The summed E-state index contributed by atoms with van der Waals surface area (Å²) in [6.45, 7) is 0.585. The van der Waals surface area contributed by atoms with Gasteiger partial charge < -0.3 is 15.5 Å². The van der Waals surface area contributed by atoms with E-state index >= 15 is 8.78 Å². The number of fused-ring (bicyclic) bond motifs is 3. The van der Waals surface area contributed by atoms with Crippen LogP contribution in [0, 0.1) is 17.6 Å². The van der Waals surface area contributed by atoms with Gasteiger partial charge in [0.15, 0.2) is 0 Å². The fraction of sp³-hybridized carbons (Fsp3) is 0.353. The van der Waals surface area contributed by atoms with Crippen molar-refractivity contribution in [3.05, 3.63) is 101 Å². The Kier molecular flexibility index (Phi) is 8.12. The number of carbonyl (C=O) groups excluding carboxylic acids is 2. The summed E-state index contributed by atoms with van der Waals surface area (Å²) in [5.74, 6) is -7.74. The van der Waals surface area contributed by atoms with Crippen LogP contribution in [0.4, 0.5) is 36.8 Å². The number of likely N-dealkylation sites (tertiary alicyclic amines) is 1. The SMILES string of the molecule is O=C(Cn1nc(C(F)F)c2c1C(F)(F)C1CC21)NC(Cc1cc(F)cc(F)c1)c1ncccc1-c1ccc(NC(=O)N2CCCC2)cc1. The van der Waals surface area contributed by atoms with Crippen LogP contribution in [0.3, 0.4) is 0 Å². The van der Waals surface area contributed by atoms with Crippen LogP contribution < -0.4 is 10.6 Å². The van der Waals surface area contributed by atoms with Gasteiger partial charge in [-0.2, -0.15) is 13.9 Å². The average molecular weight is 669 g/mol. The quantitative estimate of drug-likeness (QED) is 0.186. The lowest BCUT2D eigenvalue weighted by molar-refractivity contribution is -0.123. The topological polar surface area (TPSA) is 92.1 Å². The highest BCUT2D eigenvalue weighted by Gasteiger charge is 2.67. The summed E-state index contributed by atoms with van der Waals surface area (Å²) >= 11 is 0. The van der Waals surface area contributed by atoms with Crippen molar-refractivity contribution in [1.82, 2.24) is 25.0 Å². The number of carbonyl (C=O) groups is 2. The maximum absolute atomic E-state index is 15.1. The molecular weight excluding hydrogens is 638 g/mol. The second-order valence-electron chi connectivity index (χ2n) is 12.4. The number of hydrogen-bond acceptors (Lipinski definition) is 4. The summed E-state index contributed by atoms with van der Waals surface area (Å²) < 4.78 is 86.9. The Morgan fingerprint density at radius 3 is 2.38 bits per heavy atom. The van der Waals surface area contributed by atoms with Gasteiger partial charge in [-0.3, -0.25) is 14.5 Å². The maximum atomic E-state index is 15.1. The Morgan fingerprint density at radius 2 is 1.69 bits per heavy atom. The summed E-state index contributed by atoms with van der Waals surface area (Å²) in [4.78, 5) is 32.2. The predicted octanol–water partition coefficient (Wildman–Crippen LogP) is 7.10. The van der Waals surface area contributed by atoms with E-state index in [1.807, 2.05) is 0 Å². The van der Waals surface area contributed by atoms with Gasteiger partial charge in [-0.25, -0.2) is 22.4 Å². The second kappa shape index (κ2) is 12.3. The van der Waals surface area contributed by atoms with Gasteiger partial charge >= 0.3 is 6.03 Å². The van der Waals surface area contributed by atoms with Crippen molar-refractivity contribution in [3.8, 4) is 11.1 Å². The molecule has 48 heavy (non-hydrogen) atoms. The van der Waals surface area contributed by atoms with E-state index in [9.17, 15) is 27.2 Å². The molecule has 0 spiro atoms. The number of nitrogens with zero attached hydrogens (tertiary/aromatic N) is 4. The molecule has 1 saturated heterocycles. The van der Waals surface area contributed by atoms with Crippen LogP contribution >= 0.6 is 0 Å². The van der Waals surface area contributed by atoms with E-state index in [2.05, 4.69) is 20.7 Å². The number of alkyl halides is 4. The number of halogens is 6. The summed E-state index contributed by atoms with van der Waals surface area (Å²) in [5.41, 5.74) is 0.624. The average Bonchev–Trinajstić information content (AvgIpc) is 3.36. The Hall–Kier alpha value is -4.88. The number of anilines is 1. The van der Waals surface area contributed by atoms with E-state index in [4.69, 9.17) is 0 Å². The number of urea groups is 1. The van der Waals surface area contributed by atoms with E-state index in [1.165, 1.54) is 6.20 Å². The molecule has 1 aliphatic heterocycles. The molecule has 0 radical (unpaired) electrons. The van der Waals surface area contributed by atoms with Crippen molar-refractivity contribution in [2.24, 2.45) is 5.92 Å². The van der Waals surface area contributed by atoms with Gasteiger partial charge in [-0.1, -0.05) is 18.2 Å². The zero-order valence-electron chi connectivity index (χ0n) is 25.4. The standard InChI is InChI=1S/C34H30F6N6O2/c35-20-12-18(13-21(36)15-20)14-26(43-27(47)17-46-31-28(30(44-46)32(37)38)24-16-25(24)34(31,39)40)29-23(4-3-9-41-29)19-5-7-22(8-6-19)42-33(48)45-10-1-2-11-45/h3-9,12-13,15,24-26,32H,1-2,10-11,14,16-17H2,(H,42,48)(H,43,47). The van der Waals surface area contributed by atoms with Gasteiger partial charge in [0, 0.05) is 48.1 Å². The Balaban J connectivity index is 1.18. The van der Waals surface area contributed by atoms with Crippen LogP contribution in [-0.2, 0) is 23.7 Å². The molecule has 8 nitrogen and oxygen atoms in total. The highest BCUT2D eigenvalue weighted by atomic mass is 19.3. The zero-order chi connectivity index (χ0) is 33.7. The third-order valence-electron chi connectivity index (χ3n) is 9.17. The van der Waals surface area contributed by atoms with Gasteiger partial charge in [-0.15, -0.1) is 0 Å². The first-order chi connectivity index (χ1) is 23.0. The third kappa shape index (κ3) is 5.99. The van der Waals surface area contributed by atoms with Crippen LogP contribution in [0.1, 0.15) is 65.9 Å². The number of hydrogen-bond donors (Lipinski definition) is 2. The van der Waals surface area contributed by atoms with Crippen molar-refractivity contribution in [1.29, 1.82) is 0 Å². The summed E-state index contributed by atoms with van der Waals surface area (Å²) in [6.07, 6.45) is 0.211. The molecule has 2 aromatic carbocycles. The maximum Gasteiger partial charge on any atom is 0.321 e. The smallest absolute Gasteiger partial charge is 0.321 e. The predicted molar refractivity (Wildman–Crippen MR) is 162 cm³/mol. The Labute approximate surface area is 271 Å². The molecule has 3 aliphatic rings. The Bertz CT molecular complexity index is 1850. The zero-order valence-corrected chi connectivity index (χ0v) is 25.4. The third-order valence-corrected chi connectivity index (χ3v) is 9.17. The summed E-state index contributed by atoms with van der Waals surface area (Å²) in [5, 5.41) is 9.32. The van der Waals surface area contributed by atoms with Gasteiger partial charge in [0.2, 0.25) is 5.91 Å². The molecule has 0 bridgehead atoms. The highest BCUT2D eigenvalue weighted by molar-refractivity contribution is 5.90. The number of nitrogens with one attached hydrogen (secondary N) is 2. The van der Waals surface area contributed by atoms with Gasteiger partial charge in [0.25, 0.3) is 12.3 Å². The number of amides is 3. The molecule has 7 rings (SSSR count). The van der Waals surface area contributed by atoms with Crippen molar-refractivity contribution in [2.45, 2.75) is 56.5 Å². The van der Waals surface area contributed by atoms with Gasteiger partial charge in [0.1, 0.15) is 29.6 Å². The molecule has 2 aromatic heterocycles. The first-order valence-electron chi connectivity index (χ1n) is 15.6. The van der Waals surface area contributed by atoms with Gasteiger partial charge in [-0.05, 0) is 73.1 Å². The van der Waals surface area contributed by atoms with Crippen LogP contribution in [-0.4, -0.2) is 44.7 Å². The number of pyridine rings is 1. The van der Waals surface area contributed by atoms with Crippen molar-refractivity contribution < 1.29 is 35.9 Å². The number of aromatic nitrogens is 3. The fourth-order valence-corrected chi connectivity index (χ4v) is 6.93. The fourth-order valence-electron chi connectivity index (χ4n) is 6.93. The normalized spacial score (nSPS) is 19.6. The van der Waals surface area contributed by atoms with E-state index in [0.29, 0.717) is 46.3 Å². The first-order valence-corrected chi connectivity index (χ1v) is 15.6. The molecular formula is C34H30F6N6O2. The summed E-state index contributed by atoms with van der Waals surface area (Å²) in [6, 6.07) is 12.0. The van der Waals surface area contributed by atoms with Crippen molar-refractivity contribution in [3.63, 3.8) is 0 Å². The first kappa shape index (κ1) is 31.7. The van der Waals surface area contributed by atoms with Crippen LogP contribution in [0.25, 0.3) is 11.1 Å². The van der Waals surface area contributed by atoms with E-state index in [1.54, 1.807) is 41.3 Å². The lowest BCUT2D eigenvalue weighted by Crippen LogP contribution is -2.35. The molecule has 250 valence electrons. The molecule has 2 fully saturated rings. The monoisotopic (exact) mass is 668 g/mol. The molecule has 2 aliphatic carbocycles. The van der Waals surface area contributed by atoms with Crippen LogP contribution in [0.15, 0.2) is 60.8 Å². The summed E-state index contributed by atoms with van der Waals surface area (Å²) in [7, 11) is 0.